The predicted octanol–water partition coefficient (Wildman–Crippen LogP) is 2.71. The first-order valence-corrected chi connectivity index (χ1v) is 6.96. The van der Waals surface area contributed by atoms with E-state index in [2.05, 4.69) is 5.32 Å². The summed E-state index contributed by atoms with van der Waals surface area (Å²) in [5, 5.41) is 13.8. The van der Waals surface area contributed by atoms with E-state index in [4.69, 9.17) is 21.1 Å². The summed E-state index contributed by atoms with van der Waals surface area (Å²) in [5.74, 6) is 0.544. The molecule has 0 radical (unpaired) electrons. The summed E-state index contributed by atoms with van der Waals surface area (Å²) >= 11 is 5.98. The van der Waals surface area contributed by atoms with Gasteiger partial charge in [-0.15, -0.1) is 0 Å². The molecule has 1 aliphatic heterocycles. The van der Waals surface area contributed by atoms with Crippen LogP contribution in [0.2, 0.25) is 5.02 Å². The van der Waals surface area contributed by atoms with Gasteiger partial charge in [0.05, 0.1) is 13.2 Å². The van der Waals surface area contributed by atoms with Crippen molar-refractivity contribution in [1.82, 2.24) is 5.32 Å². The van der Waals surface area contributed by atoms with Crippen molar-refractivity contribution in [2.75, 3.05) is 20.3 Å². The summed E-state index contributed by atoms with van der Waals surface area (Å²) in [6, 6.07) is 3.35. The molecule has 0 spiro atoms. The van der Waals surface area contributed by atoms with Gasteiger partial charge < -0.3 is 19.9 Å². The molecule has 0 amide bonds. The van der Waals surface area contributed by atoms with E-state index in [1.54, 1.807) is 12.1 Å². The van der Waals surface area contributed by atoms with Crippen LogP contribution in [0.5, 0.6) is 11.5 Å². The summed E-state index contributed by atoms with van der Waals surface area (Å²) in [4.78, 5) is 0. The number of halogens is 1. The molecule has 1 unspecified atom stereocenters. The molecule has 2 N–H and O–H groups in total. The van der Waals surface area contributed by atoms with E-state index in [1.807, 2.05) is 0 Å². The van der Waals surface area contributed by atoms with Crippen LogP contribution in [-0.2, 0) is 11.3 Å². The van der Waals surface area contributed by atoms with E-state index < -0.39 is 0 Å². The highest BCUT2D eigenvalue weighted by molar-refractivity contribution is 6.30. The average molecular weight is 286 g/mol. The van der Waals surface area contributed by atoms with E-state index in [1.165, 1.54) is 13.5 Å². The third kappa shape index (κ3) is 4.00. The summed E-state index contributed by atoms with van der Waals surface area (Å²) in [6.45, 7) is 2.18. The minimum Gasteiger partial charge on any atom is -0.504 e. The Morgan fingerprint density at radius 3 is 3.00 bits per heavy atom. The first kappa shape index (κ1) is 14.4. The number of ether oxygens (including phenoxy) is 2. The highest BCUT2D eigenvalue weighted by atomic mass is 35.5. The van der Waals surface area contributed by atoms with Crippen molar-refractivity contribution in [3.05, 3.63) is 22.7 Å². The second-order valence-corrected chi connectivity index (χ2v) is 5.17. The smallest absolute Gasteiger partial charge is 0.162 e. The zero-order valence-corrected chi connectivity index (χ0v) is 11.9. The van der Waals surface area contributed by atoms with Crippen molar-refractivity contribution in [3.8, 4) is 11.5 Å². The first-order valence-electron chi connectivity index (χ1n) is 6.58. The third-order valence-electron chi connectivity index (χ3n) is 3.30. The Morgan fingerprint density at radius 1 is 1.47 bits per heavy atom. The number of phenolic OH excluding ortho intramolecular Hbond substituents is 1. The summed E-state index contributed by atoms with van der Waals surface area (Å²) in [6.07, 6.45) is 3.75. The zero-order valence-electron chi connectivity index (χ0n) is 11.1. The predicted molar refractivity (Wildman–Crippen MR) is 75.0 cm³/mol. The standard InChI is InChI=1S/C14H20ClNO3/c1-18-13-7-11(15)6-10(14(13)17)8-16-9-12-4-2-3-5-19-12/h6-7,12,16-17H,2-5,8-9H2,1H3. The molecule has 1 aromatic rings. The van der Waals surface area contributed by atoms with Gasteiger partial charge in [0.25, 0.3) is 0 Å². The van der Waals surface area contributed by atoms with Crippen LogP contribution in [0.3, 0.4) is 0 Å². The molecule has 106 valence electrons. The molecule has 1 saturated heterocycles. The molecule has 1 fully saturated rings. The Morgan fingerprint density at radius 2 is 2.32 bits per heavy atom. The molecular formula is C14H20ClNO3. The molecule has 5 heteroatoms. The molecule has 0 aromatic heterocycles. The fraction of sp³-hybridized carbons (Fsp3) is 0.571. The number of hydrogen-bond acceptors (Lipinski definition) is 4. The van der Waals surface area contributed by atoms with Crippen molar-refractivity contribution < 1.29 is 14.6 Å². The van der Waals surface area contributed by atoms with Gasteiger partial charge in [-0.3, -0.25) is 0 Å². The van der Waals surface area contributed by atoms with Crippen molar-refractivity contribution in [2.45, 2.75) is 31.9 Å². The van der Waals surface area contributed by atoms with Gasteiger partial charge in [0.15, 0.2) is 11.5 Å². The molecular weight excluding hydrogens is 266 g/mol. The molecule has 0 bridgehead atoms. The maximum Gasteiger partial charge on any atom is 0.162 e. The highest BCUT2D eigenvalue weighted by Gasteiger charge is 2.14. The summed E-state index contributed by atoms with van der Waals surface area (Å²) < 4.78 is 10.7. The molecule has 1 atom stereocenters. The largest absolute Gasteiger partial charge is 0.504 e. The van der Waals surface area contributed by atoms with Crippen LogP contribution in [0.1, 0.15) is 24.8 Å². The maximum atomic E-state index is 10.00. The highest BCUT2D eigenvalue weighted by Crippen LogP contribution is 2.33. The minimum atomic E-state index is 0.143. The van der Waals surface area contributed by atoms with Gasteiger partial charge >= 0.3 is 0 Å². The van der Waals surface area contributed by atoms with Gasteiger partial charge in [0.2, 0.25) is 0 Å². The van der Waals surface area contributed by atoms with Gasteiger partial charge in [-0.2, -0.15) is 0 Å². The lowest BCUT2D eigenvalue weighted by atomic mass is 10.1. The Bertz CT molecular complexity index is 419. The number of rotatable bonds is 5. The second-order valence-electron chi connectivity index (χ2n) is 4.74. The second kappa shape index (κ2) is 6.98. The Labute approximate surface area is 118 Å². The number of hydrogen-bond donors (Lipinski definition) is 2. The monoisotopic (exact) mass is 285 g/mol. The van der Waals surface area contributed by atoms with Crippen LogP contribution in [0.15, 0.2) is 12.1 Å². The molecule has 4 nitrogen and oxygen atoms in total. The van der Waals surface area contributed by atoms with Crippen LogP contribution in [0.25, 0.3) is 0 Å². The van der Waals surface area contributed by atoms with Gasteiger partial charge in [0, 0.05) is 36.3 Å². The third-order valence-corrected chi connectivity index (χ3v) is 3.52. The Kier molecular flexibility index (Phi) is 5.31. The van der Waals surface area contributed by atoms with Crippen LogP contribution in [-0.4, -0.2) is 31.5 Å². The fourth-order valence-electron chi connectivity index (χ4n) is 2.25. The lowest BCUT2D eigenvalue weighted by Crippen LogP contribution is -2.31. The van der Waals surface area contributed by atoms with Gasteiger partial charge in [0.1, 0.15) is 0 Å². The minimum absolute atomic E-state index is 0.143. The number of aromatic hydroxyl groups is 1. The molecule has 0 aliphatic carbocycles. The quantitative estimate of drug-likeness (QED) is 0.873. The lowest BCUT2D eigenvalue weighted by molar-refractivity contribution is 0.0167. The average Bonchev–Trinajstić information content (AvgIpc) is 2.43. The molecule has 19 heavy (non-hydrogen) atoms. The zero-order chi connectivity index (χ0) is 13.7. The summed E-state index contributed by atoms with van der Waals surface area (Å²) in [5.41, 5.74) is 0.736. The number of phenols is 1. The molecule has 0 saturated carbocycles. The van der Waals surface area contributed by atoms with Gasteiger partial charge in [-0.05, 0) is 25.3 Å². The summed E-state index contributed by atoms with van der Waals surface area (Å²) in [7, 11) is 1.51. The fourth-order valence-corrected chi connectivity index (χ4v) is 2.49. The topological polar surface area (TPSA) is 50.7 Å². The molecule has 2 rings (SSSR count). The van der Waals surface area contributed by atoms with E-state index >= 15 is 0 Å². The normalized spacial score (nSPS) is 19.4. The van der Waals surface area contributed by atoms with Crippen LogP contribution in [0, 0.1) is 0 Å². The maximum absolute atomic E-state index is 10.00. The molecule has 1 aliphatic rings. The SMILES string of the molecule is COc1cc(Cl)cc(CNCC2CCCCO2)c1O. The van der Waals surface area contributed by atoms with Crippen LogP contribution >= 0.6 is 11.6 Å². The first-order chi connectivity index (χ1) is 9.20. The number of methoxy groups -OCH3 is 1. The van der Waals surface area contributed by atoms with Crippen LogP contribution in [0.4, 0.5) is 0 Å². The Balaban J connectivity index is 1.89. The molecule has 1 heterocycles. The van der Waals surface area contributed by atoms with Crippen molar-refractivity contribution >= 4 is 11.6 Å². The van der Waals surface area contributed by atoms with Crippen molar-refractivity contribution in [1.29, 1.82) is 0 Å². The number of nitrogens with one attached hydrogen (secondary N) is 1. The van der Waals surface area contributed by atoms with E-state index in [0.717, 1.165) is 31.6 Å². The Hall–Kier alpha value is -0.970. The van der Waals surface area contributed by atoms with Crippen molar-refractivity contribution in [2.24, 2.45) is 0 Å². The molecule has 1 aromatic carbocycles. The van der Waals surface area contributed by atoms with E-state index in [-0.39, 0.29) is 11.9 Å². The van der Waals surface area contributed by atoms with Crippen LogP contribution < -0.4 is 10.1 Å². The number of benzene rings is 1. The lowest BCUT2D eigenvalue weighted by Gasteiger charge is -2.23. The van der Waals surface area contributed by atoms with Crippen molar-refractivity contribution in [3.63, 3.8) is 0 Å². The van der Waals surface area contributed by atoms with Gasteiger partial charge in [-0.25, -0.2) is 0 Å². The van der Waals surface area contributed by atoms with E-state index in [0.29, 0.717) is 17.3 Å². The van der Waals surface area contributed by atoms with E-state index in [9.17, 15) is 5.11 Å². The van der Waals surface area contributed by atoms with Gasteiger partial charge in [-0.1, -0.05) is 11.6 Å².